The van der Waals surface area contributed by atoms with Crippen molar-refractivity contribution >= 4 is 55.1 Å². The summed E-state index contributed by atoms with van der Waals surface area (Å²) in [5, 5.41) is 3.34. The molecule has 0 aliphatic heterocycles. The second-order valence-electron chi connectivity index (χ2n) is 7.89. The third-order valence-electron chi connectivity index (χ3n) is 5.23. The summed E-state index contributed by atoms with van der Waals surface area (Å²) < 4.78 is 26.9. The lowest BCUT2D eigenvalue weighted by atomic mass is 10.1. The van der Waals surface area contributed by atoms with Gasteiger partial charge in [0.05, 0.1) is 11.9 Å². The summed E-state index contributed by atoms with van der Waals surface area (Å²) in [6.07, 6.45) is 1.78. The lowest BCUT2D eigenvalue weighted by Crippen LogP contribution is -2.52. The van der Waals surface area contributed by atoms with Crippen LogP contribution >= 0.6 is 27.5 Å². The third kappa shape index (κ3) is 8.01. The van der Waals surface area contributed by atoms with Crippen molar-refractivity contribution < 1.29 is 18.0 Å². The van der Waals surface area contributed by atoms with Gasteiger partial charge in [-0.3, -0.25) is 13.9 Å². The van der Waals surface area contributed by atoms with E-state index in [0.29, 0.717) is 10.7 Å². The van der Waals surface area contributed by atoms with Gasteiger partial charge in [-0.2, -0.15) is 0 Å². The highest BCUT2D eigenvalue weighted by molar-refractivity contribution is 9.10. The van der Waals surface area contributed by atoms with Crippen molar-refractivity contribution in [1.82, 2.24) is 10.2 Å². The first-order valence-corrected chi connectivity index (χ1v) is 13.5. The van der Waals surface area contributed by atoms with Gasteiger partial charge >= 0.3 is 0 Å². The van der Waals surface area contributed by atoms with E-state index < -0.39 is 28.5 Å². The molecule has 33 heavy (non-hydrogen) atoms. The largest absolute Gasteiger partial charge is 0.352 e. The molecule has 180 valence electrons. The van der Waals surface area contributed by atoms with Crippen LogP contribution in [0.5, 0.6) is 0 Å². The summed E-state index contributed by atoms with van der Waals surface area (Å²) in [6, 6.07) is 12.7. The van der Waals surface area contributed by atoms with Gasteiger partial charge in [-0.05, 0) is 62.2 Å². The molecule has 2 atom stereocenters. The smallest absolute Gasteiger partial charge is 0.244 e. The molecule has 1 N–H and O–H groups in total. The maximum atomic E-state index is 13.4. The minimum Gasteiger partial charge on any atom is -0.352 e. The molecule has 7 nitrogen and oxygen atoms in total. The van der Waals surface area contributed by atoms with E-state index in [1.165, 1.54) is 17.0 Å². The fourth-order valence-electron chi connectivity index (χ4n) is 3.06. The SMILES string of the molecule is CC[C@@H](C)NC(=O)[C@@H](C)N(Cc1ccc(Br)cc1)C(=O)CN(c1ccc(Cl)cc1)S(C)(=O)=O. The van der Waals surface area contributed by atoms with Crippen molar-refractivity contribution in [2.45, 2.75) is 45.8 Å². The minimum atomic E-state index is -3.77. The predicted octanol–water partition coefficient (Wildman–Crippen LogP) is 4.20. The first kappa shape index (κ1) is 27.1. The number of carbonyl (C=O) groups excluding carboxylic acids is 2. The van der Waals surface area contributed by atoms with Crippen LogP contribution in [-0.2, 0) is 26.2 Å². The van der Waals surface area contributed by atoms with E-state index in [9.17, 15) is 18.0 Å². The molecular formula is C23H29BrClN3O4S. The molecule has 0 aliphatic rings. The number of halogens is 2. The van der Waals surface area contributed by atoms with Gasteiger partial charge in [0.15, 0.2) is 0 Å². The maximum absolute atomic E-state index is 13.4. The number of carbonyl (C=O) groups is 2. The molecule has 0 saturated heterocycles. The predicted molar refractivity (Wildman–Crippen MR) is 136 cm³/mol. The van der Waals surface area contributed by atoms with Crippen LogP contribution in [0.15, 0.2) is 53.0 Å². The zero-order valence-electron chi connectivity index (χ0n) is 19.1. The average Bonchev–Trinajstić information content (AvgIpc) is 2.76. The van der Waals surface area contributed by atoms with Crippen LogP contribution in [0.1, 0.15) is 32.8 Å². The molecule has 0 fully saturated rings. The van der Waals surface area contributed by atoms with E-state index in [2.05, 4.69) is 21.2 Å². The highest BCUT2D eigenvalue weighted by atomic mass is 79.9. The number of nitrogens with one attached hydrogen (secondary N) is 1. The monoisotopic (exact) mass is 557 g/mol. The summed E-state index contributed by atoms with van der Waals surface area (Å²) in [6.45, 7) is 5.19. The molecule has 10 heteroatoms. The molecule has 2 aromatic carbocycles. The van der Waals surface area contributed by atoms with Crippen LogP contribution in [0.2, 0.25) is 5.02 Å². The number of hydrogen-bond donors (Lipinski definition) is 1. The number of hydrogen-bond acceptors (Lipinski definition) is 4. The van der Waals surface area contributed by atoms with E-state index >= 15 is 0 Å². The van der Waals surface area contributed by atoms with Gasteiger partial charge in [0, 0.05) is 22.1 Å². The maximum Gasteiger partial charge on any atom is 0.244 e. The molecule has 0 bridgehead atoms. The first-order chi connectivity index (χ1) is 15.4. The Morgan fingerprint density at radius 1 is 1.06 bits per heavy atom. The Labute approximate surface area is 209 Å². The van der Waals surface area contributed by atoms with Crippen LogP contribution in [0.25, 0.3) is 0 Å². The minimum absolute atomic E-state index is 0.0498. The zero-order chi connectivity index (χ0) is 24.8. The van der Waals surface area contributed by atoms with E-state index in [0.717, 1.165) is 27.0 Å². The third-order valence-corrected chi connectivity index (χ3v) is 7.15. The van der Waals surface area contributed by atoms with Crippen molar-refractivity contribution in [3.05, 3.63) is 63.6 Å². The van der Waals surface area contributed by atoms with Gasteiger partial charge in [-0.1, -0.05) is 46.6 Å². The molecule has 0 heterocycles. The van der Waals surface area contributed by atoms with Crippen molar-refractivity contribution in [2.75, 3.05) is 17.1 Å². The standard InChI is InChI=1S/C23H29BrClN3O4S/c1-5-16(2)26-23(30)17(3)27(14-18-6-8-19(24)9-7-18)22(29)15-28(33(4,31)32)21-12-10-20(25)11-13-21/h6-13,16-17H,5,14-15H2,1-4H3,(H,26,30)/t16-,17-/m1/s1. The van der Waals surface area contributed by atoms with Crippen LogP contribution in [-0.4, -0.2) is 50.0 Å². The molecule has 0 aliphatic carbocycles. The van der Waals surface area contributed by atoms with E-state index in [1.54, 1.807) is 19.1 Å². The quantitative estimate of drug-likeness (QED) is 0.474. The molecule has 2 rings (SSSR count). The molecule has 2 aromatic rings. The number of benzene rings is 2. The fourth-order valence-corrected chi connectivity index (χ4v) is 4.30. The summed E-state index contributed by atoms with van der Waals surface area (Å²) >= 11 is 9.31. The van der Waals surface area contributed by atoms with Crippen LogP contribution < -0.4 is 9.62 Å². The van der Waals surface area contributed by atoms with E-state index in [4.69, 9.17) is 11.6 Å². The van der Waals surface area contributed by atoms with E-state index in [-0.39, 0.29) is 18.5 Å². The molecule has 0 spiro atoms. The van der Waals surface area contributed by atoms with Gasteiger partial charge < -0.3 is 10.2 Å². The Morgan fingerprint density at radius 3 is 2.15 bits per heavy atom. The topological polar surface area (TPSA) is 86.8 Å². The summed E-state index contributed by atoms with van der Waals surface area (Å²) in [4.78, 5) is 27.6. The second-order valence-corrected chi connectivity index (χ2v) is 11.1. The van der Waals surface area contributed by atoms with Crippen molar-refractivity contribution in [1.29, 1.82) is 0 Å². The first-order valence-electron chi connectivity index (χ1n) is 10.5. The summed E-state index contributed by atoms with van der Waals surface area (Å²) in [5.41, 5.74) is 1.13. The molecule has 0 radical (unpaired) electrons. The van der Waals surface area contributed by atoms with Crippen LogP contribution in [0, 0.1) is 0 Å². The van der Waals surface area contributed by atoms with Gasteiger partial charge in [0.25, 0.3) is 0 Å². The average molecular weight is 559 g/mol. The Bertz CT molecular complexity index is 1060. The van der Waals surface area contributed by atoms with Crippen LogP contribution in [0.3, 0.4) is 0 Å². The summed E-state index contributed by atoms with van der Waals surface area (Å²) in [5.74, 6) is -0.794. The number of sulfonamides is 1. The zero-order valence-corrected chi connectivity index (χ0v) is 22.2. The number of rotatable bonds is 10. The molecule has 2 amide bonds. The lowest BCUT2D eigenvalue weighted by Gasteiger charge is -2.32. The van der Waals surface area contributed by atoms with Crippen molar-refractivity contribution in [3.63, 3.8) is 0 Å². The Kier molecular flexibility index (Phi) is 9.75. The fraction of sp³-hybridized carbons (Fsp3) is 0.391. The normalized spacial score (nSPS) is 13.2. The van der Waals surface area contributed by atoms with Gasteiger partial charge in [-0.15, -0.1) is 0 Å². The van der Waals surface area contributed by atoms with Crippen molar-refractivity contribution in [3.8, 4) is 0 Å². The van der Waals surface area contributed by atoms with Gasteiger partial charge in [0.1, 0.15) is 12.6 Å². The summed E-state index contributed by atoms with van der Waals surface area (Å²) in [7, 11) is -3.77. The number of anilines is 1. The Balaban J connectivity index is 2.36. The Hall–Kier alpha value is -2.10. The number of nitrogens with zero attached hydrogens (tertiary/aromatic N) is 2. The molecule has 0 saturated carbocycles. The number of amides is 2. The van der Waals surface area contributed by atoms with Gasteiger partial charge in [0.2, 0.25) is 21.8 Å². The lowest BCUT2D eigenvalue weighted by molar-refractivity contribution is -0.139. The van der Waals surface area contributed by atoms with Gasteiger partial charge in [-0.25, -0.2) is 8.42 Å². The molecule has 0 aromatic heterocycles. The molecule has 0 unspecified atom stereocenters. The van der Waals surface area contributed by atoms with E-state index in [1.807, 2.05) is 38.1 Å². The van der Waals surface area contributed by atoms with Crippen molar-refractivity contribution in [2.24, 2.45) is 0 Å². The van der Waals surface area contributed by atoms with Crippen LogP contribution in [0.4, 0.5) is 5.69 Å². The highest BCUT2D eigenvalue weighted by Crippen LogP contribution is 2.21. The second kappa shape index (κ2) is 11.9. The Morgan fingerprint density at radius 2 is 1.64 bits per heavy atom. The molecular weight excluding hydrogens is 530 g/mol. The highest BCUT2D eigenvalue weighted by Gasteiger charge is 2.30.